The Morgan fingerprint density at radius 2 is 1.42 bits per heavy atom. The van der Waals surface area contributed by atoms with Crippen molar-refractivity contribution in [2.45, 2.75) is 133 Å². The normalized spacial score (nSPS) is 20.4. The minimum absolute atomic E-state index is 0.00986. The topological polar surface area (TPSA) is 380 Å². The molecular weight excluding hydrogens is 917 g/mol. The number of nitrogens with one attached hydrogen (secondary N) is 11. The first-order valence-corrected chi connectivity index (χ1v) is 24.0. The van der Waals surface area contributed by atoms with E-state index < -0.39 is 95.5 Å². The number of H-pyrrole nitrogens is 1. The standard InChI is InChI=1S/C48H70N14O9/c1-3-4-15-33(56-28(2)63)42(66)59-36-19-20-40(64)53-24-21-37(46(70)61-38(41(50)65)26-30-27-55-32-16-9-8-14-31(30)32)60-43(67)35(18-11-23-54-48(51)52)58-47(71)39(25-29-12-6-5-7-13-29)62-44(68)34(17-10-22-49)57-45(36)69/h5-9,12-14,16,27,33-39,55H,3-4,10-11,15,17-26,49H2,1-2H3,(H2,50,65)(H,53,64)(H,56,63)(H,57,69)(H,58,71)(H,59,66)(H,60,67)(H,61,70)(H,62,68)(H4,51,52,54)/t33-,34-,35-,36-,37-,38-,39+/m0/s1. The van der Waals surface area contributed by atoms with E-state index in [-0.39, 0.29) is 89.8 Å². The number of fused-ring (bicyclic) bond motifs is 1. The third-order valence-electron chi connectivity index (χ3n) is 11.8. The number of rotatable bonds is 20. The van der Waals surface area contributed by atoms with Gasteiger partial charge in [0.2, 0.25) is 53.2 Å². The van der Waals surface area contributed by atoms with Gasteiger partial charge in [0, 0.05) is 56.4 Å². The summed E-state index contributed by atoms with van der Waals surface area (Å²) in [7, 11) is 0. The number of carbonyl (C=O) groups is 9. The molecule has 0 spiro atoms. The van der Waals surface area contributed by atoms with E-state index in [1.807, 2.05) is 31.2 Å². The molecule has 0 radical (unpaired) electrons. The number of guanidine groups is 1. The molecule has 1 fully saturated rings. The van der Waals surface area contributed by atoms with Gasteiger partial charge in [0.05, 0.1) is 0 Å². The molecule has 386 valence electrons. The number of hydrogen-bond acceptors (Lipinski definition) is 11. The van der Waals surface area contributed by atoms with Crippen molar-refractivity contribution in [3.63, 3.8) is 0 Å². The maximum absolute atomic E-state index is 14.4. The second-order valence-corrected chi connectivity index (χ2v) is 17.5. The lowest BCUT2D eigenvalue weighted by Gasteiger charge is -2.28. The molecule has 0 bridgehead atoms. The van der Waals surface area contributed by atoms with E-state index in [0.717, 1.165) is 10.9 Å². The molecule has 0 saturated carbocycles. The van der Waals surface area contributed by atoms with Gasteiger partial charge in [-0.05, 0) is 68.7 Å². The van der Waals surface area contributed by atoms with E-state index in [9.17, 15) is 43.2 Å². The number of unbranched alkanes of at least 4 members (excludes halogenated alkanes) is 1. The number of aromatic amines is 1. The Balaban J connectivity index is 1.74. The summed E-state index contributed by atoms with van der Waals surface area (Å²) in [6.45, 7) is 3.20. The maximum atomic E-state index is 14.4. The van der Waals surface area contributed by atoms with Crippen molar-refractivity contribution in [2.24, 2.45) is 17.2 Å². The first-order valence-electron chi connectivity index (χ1n) is 24.0. The number of aromatic nitrogens is 1. The summed E-state index contributed by atoms with van der Waals surface area (Å²) in [5, 5.41) is 32.4. The molecule has 23 nitrogen and oxygen atoms in total. The Bertz CT molecular complexity index is 2330. The Labute approximate surface area is 412 Å². The van der Waals surface area contributed by atoms with Gasteiger partial charge in [-0.1, -0.05) is 68.3 Å². The van der Waals surface area contributed by atoms with Crippen LogP contribution < -0.4 is 65.1 Å². The summed E-state index contributed by atoms with van der Waals surface area (Å²) >= 11 is 0. The molecule has 1 saturated heterocycles. The van der Waals surface area contributed by atoms with E-state index in [2.05, 4.69) is 52.8 Å². The molecule has 23 heteroatoms. The zero-order valence-electron chi connectivity index (χ0n) is 40.3. The fourth-order valence-corrected chi connectivity index (χ4v) is 8.00. The third kappa shape index (κ3) is 18.7. The fraction of sp³-hybridized carbons (Fsp3) is 0.500. The summed E-state index contributed by atoms with van der Waals surface area (Å²) in [5.74, 6) is -7.04. The van der Waals surface area contributed by atoms with Gasteiger partial charge >= 0.3 is 0 Å². The first-order chi connectivity index (χ1) is 34.0. The van der Waals surface area contributed by atoms with E-state index >= 15 is 0 Å². The van der Waals surface area contributed by atoms with Crippen LogP contribution in [-0.4, -0.2) is 126 Å². The number of carbonyl (C=O) groups excluding carboxylic acids is 9. The first kappa shape index (κ1) is 56.0. The lowest BCUT2D eigenvalue weighted by Crippen LogP contribution is -2.60. The van der Waals surface area contributed by atoms with Crippen LogP contribution in [0.2, 0.25) is 0 Å². The molecule has 4 rings (SSSR count). The van der Waals surface area contributed by atoms with Crippen LogP contribution in [0.25, 0.3) is 10.9 Å². The minimum Gasteiger partial charge on any atom is -0.370 e. The molecule has 71 heavy (non-hydrogen) atoms. The molecule has 17 N–H and O–H groups in total. The van der Waals surface area contributed by atoms with Crippen LogP contribution >= 0.6 is 0 Å². The number of primary amides is 1. The van der Waals surface area contributed by atoms with Gasteiger partial charge in [0.1, 0.15) is 42.3 Å². The van der Waals surface area contributed by atoms with Crippen LogP contribution in [0.5, 0.6) is 0 Å². The number of hydrogen-bond donors (Lipinski definition) is 14. The number of benzene rings is 2. The van der Waals surface area contributed by atoms with Gasteiger partial charge in [-0.3, -0.25) is 48.6 Å². The Kier molecular flexibility index (Phi) is 22.7. The maximum Gasteiger partial charge on any atom is 0.243 e. The average Bonchev–Trinajstić information content (AvgIpc) is 3.74. The van der Waals surface area contributed by atoms with E-state index in [0.29, 0.717) is 24.0 Å². The zero-order chi connectivity index (χ0) is 51.9. The molecular formula is C48H70N14O9. The van der Waals surface area contributed by atoms with Crippen molar-refractivity contribution < 1.29 is 43.2 Å². The minimum atomic E-state index is -1.43. The van der Waals surface area contributed by atoms with Crippen molar-refractivity contribution in [2.75, 3.05) is 19.6 Å². The van der Waals surface area contributed by atoms with Crippen molar-refractivity contribution in [1.29, 1.82) is 5.41 Å². The molecule has 0 unspecified atom stereocenters. The average molecular weight is 987 g/mol. The highest BCUT2D eigenvalue weighted by molar-refractivity contribution is 5.98. The summed E-state index contributed by atoms with van der Waals surface area (Å²) in [5.41, 5.74) is 19.2. The highest BCUT2D eigenvalue weighted by Gasteiger charge is 2.35. The van der Waals surface area contributed by atoms with Crippen molar-refractivity contribution in [3.8, 4) is 0 Å². The van der Waals surface area contributed by atoms with Gasteiger partial charge in [-0.2, -0.15) is 0 Å². The number of nitrogens with two attached hydrogens (primary N) is 3. The van der Waals surface area contributed by atoms with Gasteiger partial charge < -0.3 is 70.0 Å². The van der Waals surface area contributed by atoms with E-state index in [1.54, 1.807) is 36.5 Å². The SMILES string of the molecule is CCCC[C@H](NC(C)=O)C(=O)N[C@H]1CCC(=O)NCC[C@@H](C(=O)N[C@@H](Cc2c[nH]c3ccccc23)C(N)=O)NC(=O)[C@H](CCCNC(=N)N)NC(=O)[C@@H](Cc2ccccc2)NC(=O)[C@H](CCCN)NC1=O. The Morgan fingerprint density at radius 1 is 0.775 bits per heavy atom. The summed E-state index contributed by atoms with van der Waals surface area (Å²) in [6, 6.07) is 6.96. The van der Waals surface area contributed by atoms with Crippen LogP contribution in [0.15, 0.2) is 60.8 Å². The molecule has 3 aromatic rings. The van der Waals surface area contributed by atoms with Crippen LogP contribution in [-0.2, 0) is 56.0 Å². The van der Waals surface area contributed by atoms with Gasteiger partial charge in [-0.15, -0.1) is 0 Å². The Hall–Kier alpha value is -7.56. The lowest BCUT2D eigenvalue weighted by molar-refractivity contribution is -0.136. The Morgan fingerprint density at radius 3 is 2.10 bits per heavy atom. The molecule has 0 aliphatic carbocycles. The largest absolute Gasteiger partial charge is 0.370 e. The van der Waals surface area contributed by atoms with E-state index in [1.165, 1.54) is 6.92 Å². The number of amides is 9. The summed E-state index contributed by atoms with van der Waals surface area (Å²) in [4.78, 5) is 127. The van der Waals surface area contributed by atoms with Gasteiger partial charge in [0.15, 0.2) is 5.96 Å². The predicted octanol–water partition coefficient (Wildman–Crippen LogP) is -1.66. The van der Waals surface area contributed by atoms with Crippen LogP contribution in [0.1, 0.15) is 89.2 Å². The summed E-state index contributed by atoms with van der Waals surface area (Å²) in [6.07, 6.45) is 2.69. The van der Waals surface area contributed by atoms with Crippen LogP contribution in [0, 0.1) is 5.41 Å². The van der Waals surface area contributed by atoms with Crippen molar-refractivity contribution >= 4 is 70.0 Å². The number of para-hydroxylation sites is 1. The van der Waals surface area contributed by atoms with Crippen LogP contribution in [0.4, 0.5) is 0 Å². The molecule has 1 aromatic heterocycles. The molecule has 1 aliphatic rings. The molecule has 2 heterocycles. The smallest absolute Gasteiger partial charge is 0.243 e. The van der Waals surface area contributed by atoms with Gasteiger partial charge in [-0.25, -0.2) is 0 Å². The molecule has 9 amide bonds. The lowest BCUT2D eigenvalue weighted by atomic mass is 10.0. The second kappa shape index (κ2) is 28.8. The second-order valence-electron chi connectivity index (χ2n) is 17.5. The molecule has 2 aromatic carbocycles. The molecule has 7 atom stereocenters. The monoisotopic (exact) mass is 987 g/mol. The predicted molar refractivity (Wildman–Crippen MR) is 264 cm³/mol. The zero-order valence-corrected chi connectivity index (χ0v) is 40.3. The van der Waals surface area contributed by atoms with Crippen molar-refractivity contribution in [3.05, 3.63) is 71.9 Å². The highest BCUT2D eigenvalue weighted by atomic mass is 16.2. The van der Waals surface area contributed by atoms with Crippen molar-refractivity contribution in [1.82, 2.24) is 52.8 Å². The highest BCUT2D eigenvalue weighted by Crippen LogP contribution is 2.19. The van der Waals surface area contributed by atoms with E-state index in [4.69, 9.17) is 22.6 Å². The van der Waals surface area contributed by atoms with Crippen LogP contribution in [0.3, 0.4) is 0 Å². The summed E-state index contributed by atoms with van der Waals surface area (Å²) < 4.78 is 0. The third-order valence-corrected chi connectivity index (χ3v) is 11.8. The quantitative estimate of drug-likeness (QED) is 0.0344. The molecule has 1 aliphatic heterocycles. The van der Waals surface area contributed by atoms with Gasteiger partial charge in [0.25, 0.3) is 0 Å². The fourth-order valence-electron chi connectivity index (χ4n) is 8.00.